The molecular formula is C56H93N3O19. The molecule has 1 aliphatic carbocycles. The van der Waals surface area contributed by atoms with Crippen LogP contribution in [-0.2, 0) is 62.0 Å². The van der Waals surface area contributed by atoms with E-state index in [1.165, 1.54) is 12.2 Å². The molecule has 446 valence electrons. The highest BCUT2D eigenvalue weighted by Gasteiger charge is 2.44. The van der Waals surface area contributed by atoms with E-state index in [2.05, 4.69) is 10.6 Å². The second-order valence-corrected chi connectivity index (χ2v) is 21.5. The molecule has 0 aromatic rings. The lowest BCUT2D eigenvalue weighted by Gasteiger charge is -2.40. The normalized spacial score (nSPS) is 26.5. The largest absolute Gasteiger partial charge is 0.394 e. The van der Waals surface area contributed by atoms with E-state index in [9.17, 15) is 64.2 Å². The van der Waals surface area contributed by atoms with Crippen molar-refractivity contribution < 1.29 is 92.6 Å². The lowest BCUT2D eigenvalue weighted by Crippen LogP contribution is -2.55. The fourth-order valence-electron chi connectivity index (χ4n) is 10.2. The van der Waals surface area contributed by atoms with Gasteiger partial charge in [-0.3, -0.25) is 38.5 Å². The monoisotopic (exact) mass is 1110 g/mol. The van der Waals surface area contributed by atoms with Crippen molar-refractivity contribution in [2.24, 2.45) is 17.8 Å². The van der Waals surface area contributed by atoms with E-state index in [0.717, 1.165) is 43.4 Å². The Kier molecular flexibility index (Phi) is 31.4. The number of nitrogens with zero attached hydrogens (tertiary/aromatic N) is 1. The average Bonchev–Trinajstić information content (AvgIpc) is 3.75. The Morgan fingerprint density at radius 2 is 1.08 bits per heavy atom. The molecule has 3 fully saturated rings. The number of amides is 4. The third-order valence-corrected chi connectivity index (χ3v) is 15.2. The van der Waals surface area contributed by atoms with Crippen LogP contribution >= 0.6 is 0 Å². The number of aliphatic hydroxyl groups excluding tert-OH is 6. The quantitative estimate of drug-likeness (QED) is 0.0248. The summed E-state index contributed by atoms with van der Waals surface area (Å²) < 4.78 is 35.2. The number of ether oxygens (including phenoxy) is 6. The average molecular weight is 1110 g/mol. The Morgan fingerprint density at radius 1 is 0.590 bits per heavy atom. The molecule has 4 aliphatic rings. The van der Waals surface area contributed by atoms with Gasteiger partial charge in [0.2, 0.25) is 11.8 Å². The Bertz CT molecular complexity index is 1840. The van der Waals surface area contributed by atoms with E-state index in [-0.39, 0.29) is 81.0 Å². The van der Waals surface area contributed by atoms with E-state index in [1.54, 1.807) is 13.8 Å². The van der Waals surface area contributed by atoms with E-state index >= 15 is 0 Å². The number of carbonyl (C=O) groups excluding carboxylic acids is 7. The van der Waals surface area contributed by atoms with Gasteiger partial charge in [-0.2, -0.15) is 0 Å². The second kappa shape index (κ2) is 36.7. The molecule has 8 N–H and O–H groups in total. The smallest absolute Gasteiger partial charge is 0.253 e. The number of Topliss-reactive ketones (excluding diaryl/α,β-unsaturated/α-hetero) is 3. The molecule has 78 heavy (non-hydrogen) atoms. The van der Waals surface area contributed by atoms with Gasteiger partial charge in [0.15, 0.2) is 18.4 Å². The van der Waals surface area contributed by atoms with Crippen LogP contribution in [-0.4, -0.2) is 191 Å². The number of ketones is 3. The molecule has 4 rings (SSSR count). The molecule has 0 radical (unpaired) electrons. The molecule has 22 heteroatoms. The SMILES string of the molecule is CC1[C@H](OCCCCC(=O)NCCCC[C@H](CC(=O)CCCCOC2OC(CO)[C@H](O)[C@H](O)[C@@H]2C)C(=O)NCCCCCC(=O)CCCOC2(OCCCC(=O)CCN3C(=O)C=CC3=O)CCCCC2)OC(CO)C(O)[C@@H]1O. The molecule has 0 spiro atoms. The van der Waals surface area contributed by atoms with Crippen molar-refractivity contribution in [3.05, 3.63) is 12.2 Å². The zero-order valence-electron chi connectivity index (χ0n) is 46.3. The van der Waals surface area contributed by atoms with Gasteiger partial charge in [0.05, 0.1) is 38.6 Å². The van der Waals surface area contributed by atoms with Crippen LogP contribution in [0.15, 0.2) is 12.2 Å². The number of unbranched alkanes of at least 4 members (excludes halogenated alkanes) is 5. The number of aliphatic hydroxyl groups is 6. The van der Waals surface area contributed by atoms with Gasteiger partial charge >= 0.3 is 0 Å². The molecule has 3 aliphatic heterocycles. The van der Waals surface area contributed by atoms with Crippen LogP contribution in [0.4, 0.5) is 0 Å². The molecule has 0 bridgehead atoms. The highest BCUT2D eigenvalue weighted by Crippen LogP contribution is 2.34. The zero-order valence-corrected chi connectivity index (χ0v) is 46.3. The summed E-state index contributed by atoms with van der Waals surface area (Å²) in [5.74, 6) is -3.48. The Labute approximate surface area is 460 Å². The van der Waals surface area contributed by atoms with Crippen molar-refractivity contribution in [2.45, 2.75) is 223 Å². The van der Waals surface area contributed by atoms with Gasteiger partial charge in [0.1, 0.15) is 41.8 Å². The van der Waals surface area contributed by atoms with Gasteiger partial charge < -0.3 is 69.7 Å². The number of hydrogen-bond acceptors (Lipinski definition) is 19. The van der Waals surface area contributed by atoms with Crippen LogP contribution in [0.5, 0.6) is 0 Å². The van der Waals surface area contributed by atoms with Crippen LogP contribution in [0.2, 0.25) is 0 Å². The summed E-state index contributed by atoms with van der Waals surface area (Å²) in [6, 6.07) is 0. The molecule has 0 aromatic carbocycles. The van der Waals surface area contributed by atoms with Crippen LogP contribution in [0.25, 0.3) is 0 Å². The summed E-state index contributed by atoms with van der Waals surface area (Å²) in [7, 11) is 0. The maximum Gasteiger partial charge on any atom is 0.253 e. The number of carbonyl (C=O) groups is 7. The third-order valence-electron chi connectivity index (χ3n) is 15.2. The lowest BCUT2D eigenvalue weighted by molar-refractivity contribution is -0.282. The summed E-state index contributed by atoms with van der Waals surface area (Å²) in [6.07, 6.45) is 7.24. The van der Waals surface area contributed by atoms with E-state index in [1.807, 2.05) is 0 Å². The standard InChI is InChI=1S/C56H93N3O19/c1-38-49(68)51(70)44(36-60)77-54(38)73-31-13-7-19-43(64)35-40(17-6-12-28-57-46(65)22-8-14-32-74-55-39(2)50(69)52(71)45(37-61)78-55)53(72)58-29-11-3-5-18-41(62)20-15-33-75-56(26-9-4-10-27-56)76-34-16-21-42(63)25-30-59-47(66)23-24-48(59)67/h23-24,38-40,44-45,49-52,54-55,60-61,68-71H,3-22,25-37H2,1-2H3,(H,57,65)(H,58,72)/t38-,39?,40+,44?,45?,49+,50+,51-,52?,54?,55+/m0/s1. The van der Waals surface area contributed by atoms with Crippen LogP contribution in [0, 0.1) is 17.8 Å². The number of nitrogens with one attached hydrogen (secondary N) is 2. The molecule has 11 atom stereocenters. The summed E-state index contributed by atoms with van der Waals surface area (Å²) in [5, 5.41) is 65.6. The van der Waals surface area contributed by atoms with E-state index in [0.29, 0.717) is 110 Å². The Balaban J connectivity index is 1.11. The Hall–Kier alpha value is -3.65. The minimum absolute atomic E-state index is 0.0464. The molecule has 2 saturated heterocycles. The second-order valence-electron chi connectivity index (χ2n) is 21.5. The van der Waals surface area contributed by atoms with Crippen molar-refractivity contribution >= 4 is 41.0 Å². The van der Waals surface area contributed by atoms with Gasteiger partial charge in [-0.25, -0.2) is 0 Å². The number of rotatable bonds is 41. The molecule has 1 saturated carbocycles. The van der Waals surface area contributed by atoms with Crippen molar-refractivity contribution in [3.63, 3.8) is 0 Å². The van der Waals surface area contributed by atoms with Crippen molar-refractivity contribution in [1.82, 2.24) is 15.5 Å². The highest BCUT2D eigenvalue weighted by atomic mass is 16.7. The molecule has 5 unspecified atom stereocenters. The fourth-order valence-corrected chi connectivity index (χ4v) is 10.2. The first kappa shape index (κ1) is 66.9. The molecule has 3 heterocycles. The summed E-state index contributed by atoms with van der Waals surface area (Å²) >= 11 is 0. The van der Waals surface area contributed by atoms with Gasteiger partial charge in [-0.15, -0.1) is 0 Å². The highest BCUT2D eigenvalue weighted by molar-refractivity contribution is 6.13. The van der Waals surface area contributed by atoms with E-state index < -0.39 is 97.8 Å². The minimum atomic E-state index is -1.23. The van der Waals surface area contributed by atoms with Crippen molar-refractivity contribution in [2.75, 3.05) is 59.3 Å². The van der Waals surface area contributed by atoms with Gasteiger partial charge in [-0.1, -0.05) is 33.1 Å². The van der Waals surface area contributed by atoms with Crippen LogP contribution in [0.3, 0.4) is 0 Å². The van der Waals surface area contributed by atoms with E-state index in [4.69, 9.17) is 28.4 Å². The Morgan fingerprint density at radius 3 is 1.64 bits per heavy atom. The first-order valence-electron chi connectivity index (χ1n) is 28.9. The minimum Gasteiger partial charge on any atom is -0.394 e. The third kappa shape index (κ3) is 23.4. The van der Waals surface area contributed by atoms with Crippen molar-refractivity contribution in [3.8, 4) is 0 Å². The lowest BCUT2D eigenvalue weighted by atomic mass is 9.92. The summed E-state index contributed by atoms with van der Waals surface area (Å²) in [6.45, 7) is 4.50. The zero-order chi connectivity index (χ0) is 56.9. The summed E-state index contributed by atoms with van der Waals surface area (Å²) in [4.78, 5) is 89.0. The first-order valence-corrected chi connectivity index (χ1v) is 28.9. The van der Waals surface area contributed by atoms with Gasteiger partial charge in [0.25, 0.3) is 11.8 Å². The summed E-state index contributed by atoms with van der Waals surface area (Å²) in [5.41, 5.74) is 0. The predicted octanol–water partition coefficient (Wildman–Crippen LogP) is 2.76. The molecule has 0 aromatic heterocycles. The first-order chi connectivity index (χ1) is 37.5. The number of imide groups is 1. The van der Waals surface area contributed by atoms with Gasteiger partial charge in [0, 0.05) is 121 Å². The maximum absolute atomic E-state index is 13.5. The topological polar surface area (TPSA) is 324 Å². The van der Waals surface area contributed by atoms with Crippen LogP contribution in [0.1, 0.15) is 168 Å². The fraction of sp³-hybridized carbons (Fsp3) is 0.839. The van der Waals surface area contributed by atoms with Crippen LogP contribution < -0.4 is 10.6 Å². The molecular weight excluding hydrogens is 1020 g/mol. The molecule has 22 nitrogen and oxygen atoms in total. The molecule has 4 amide bonds. The van der Waals surface area contributed by atoms with Gasteiger partial charge in [-0.05, 0) is 77.0 Å². The predicted molar refractivity (Wildman–Crippen MR) is 282 cm³/mol. The maximum atomic E-state index is 13.5. The van der Waals surface area contributed by atoms with Crippen molar-refractivity contribution in [1.29, 1.82) is 0 Å². The number of hydrogen-bond donors (Lipinski definition) is 8.